The Kier molecular flexibility index (Phi) is 4.59. The first-order chi connectivity index (χ1) is 11.5. The van der Waals surface area contributed by atoms with Crippen molar-refractivity contribution < 1.29 is 9.90 Å². The zero-order chi connectivity index (χ0) is 17.3. The second-order valence-electron chi connectivity index (χ2n) is 5.81. The molecule has 2 aromatic heterocycles. The number of hydrogen-bond acceptors (Lipinski definition) is 5. The lowest BCUT2D eigenvalue weighted by atomic mass is 10.1. The van der Waals surface area contributed by atoms with E-state index in [-0.39, 0.29) is 12.5 Å². The number of aromatic nitrogens is 2. The van der Waals surface area contributed by atoms with E-state index in [9.17, 15) is 9.90 Å². The van der Waals surface area contributed by atoms with Crippen LogP contribution in [0.2, 0.25) is 0 Å². The fourth-order valence-electron chi connectivity index (χ4n) is 2.50. The summed E-state index contributed by atoms with van der Waals surface area (Å²) in [6.07, 6.45) is -0.677. The van der Waals surface area contributed by atoms with Crippen molar-refractivity contribution in [3.63, 3.8) is 0 Å². The van der Waals surface area contributed by atoms with Gasteiger partial charge < -0.3 is 10.0 Å². The van der Waals surface area contributed by atoms with E-state index in [1.807, 2.05) is 37.4 Å². The molecule has 0 aliphatic rings. The van der Waals surface area contributed by atoms with Crippen molar-refractivity contribution >= 4 is 28.3 Å². The molecule has 2 heterocycles. The first-order valence-corrected chi connectivity index (χ1v) is 8.55. The van der Waals surface area contributed by atoms with Gasteiger partial charge >= 0.3 is 0 Å². The summed E-state index contributed by atoms with van der Waals surface area (Å²) in [6, 6.07) is 9.07. The van der Waals surface area contributed by atoms with Gasteiger partial charge in [0.1, 0.15) is 6.10 Å². The molecule has 0 spiro atoms. The van der Waals surface area contributed by atoms with Gasteiger partial charge in [-0.05, 0) is 43.5 Å². The Balaban J connectivity index is 1.81. The van der Waals surface area contributed by atoms with Crippen LogP contribution in [0.4, 0.5) is 0 Å². The summed E-state index contributed by atoms with van der Waals surface area (Å²) in [7, 11) is 1.69. The number of rotatable bonds is 4. The molecule has 0 saturated heterocycles. The van der Waals surface area contributed by atoms with Crippen molar-refractivity contribution in [1.82, 2.24) is 14.9 Å². The Labute approximate surface area is 144 Å². The van der Waals surface area contributed by atoms with Gasteiger partial charge in [0.25, 0.3) is 5.91 Å². The fourth-order valence-corrected chi connectivity index (χ4v) is 3.20. The van der Waals surface area contributed by atoms with E-state index in [2.05, 4.69) is 9.97 Å². The molecule has 0 bridgehead atoms. The van der Waals surface area contributed by atoms with E-state index in [4.69, 9.17) is 0 Å². The van der Waals surface area contributed by atoms with Gasteiger partial charge in [-0.3, -0.25) is 4.79 Å². The van der Waals surface area contributed by atoms with Gasteiger partial charge in [-0.2, -0.15) is 0 Å². The van der Waals surface area contributed by atoms with Crippen LogP contribution >= 0.6 is 11.3 Å². The second-order valence-corrected chi connectivity index (χ2v) is 6.79. The van der Waals surface area contributed by atoms with Crippen LogP contribution in [0.15, 0.2) is 35.7 Å². The molecular weight excluding hydrogens is 322 g/mol. The van der Waals surface area contributed by atoms with Crippen molar-refractivity contribution in [2.75, 3.05) is 13.6 Å². The number of aliphatic hydroxyl groups is 1. The van der Waals surface area contributed by atoms with Crippen molar-refractivity contribution in [2.45, 2.75) is 20.0 Å². The normalized spacial score (nSPS) is 12.3. The van der Waals surface area contributed by atoms with Gasteiger partial charge in [0, 0.05) is 17.5 Å². The molecule has 5 nitrogen and oxygen atoms in total. The third-order valence-electron chi connectivity index (χ3n) is 3.99. The standard InChI is InChI=1S/C18H19N3O2S/c1-11-12(2)20-15-9-13(6-7-14(15)19-11)18(23)21(3)10-16(22)17-5-4-8-24-17/h4-9,16,22H,10H2,1-3H3. The Morgan fingerprint density at radius 3 is 2.58 bits per heavy atom. The van der Waals surface area contributed by atoms with Crippen LogP contribution < -0.4 is 0 Å². The maximum absolute atomic E-state index is 12.6. The molecule has 0 fully saturated rings. The SMILES string of the molecule is Cc1nc2ccc(C(=O)N(C)CC(O)c3cccs3)cc2nc1C. The van der Waals surface area contributed by atoms with Crippen LogP contribution in [0.5, 0.6) is 0 Å². The Hall–Kier alpha value is -2.31. The molecule has 124 valence electrons. The molecule has 0 aliphatic carbocycles. The summed E-state index contributed by atoms with van der Waals surface area (Å²) >= 11 is 1.48. The molecule has 1 atom stereocenters. The molecule has 1 unspecified atom stereocenters. The highest BCUT2D eigenvalue weighted by atomic mass is 32.1. The van der Waals surface area contributed by atoms with Crippen molar-refractivity contribution in [3.05, 3.63) is 57.5 Å². The number of likely N-dealkylation sites (N-methyl/N-ethyl adjacent to an activating group) is 1. The number of amides is 1. The van der Waals surface area contributed by atoms with Crippen LogP contribution in [0, 0.1) is 13.8 Å². The highest BCUT2D eigenvalue weighted by Gasteiger charge is 2.18. The summed E-state index contributed by atoms with van der Waals surface area (Å²) in [6.45, 7) is 4.07. The number of fused-ring (bicyclic) bond motifs is 1. The van der Waals surface area contributed by atoms with Gasteiger partial charge in [-0.25, -0.2) is 9.97 Å². The van der Waals surface area contributed by atoms with Crippen LogP contribution in [-0.2, 0) is 0 Å². The number of benzene rings is 1. The molecule has 1 N–H and O–H groups in total. The lowest BCUT2D eigenvalue weighted by Crippen LogP contribution is -2.30. The van der Waals surface area contributed by atoms with Crippen LogP contribution in [0.25, 0.3) is 11.0 Å². The molecular formula is C18H19N3O2S. The quantitative estimate of drug-likeness (QED) is 0.792. The first kappa shape index (κ1) is 16.5. The summed E-state index contributed by atoms with van der Waals surface area (Å²) in [5.41, 5.74) is 3.76. The van der Waals surface area contributed by atoms with Gasteiger partial charge in [-0.1, -0.05) is 6.07 Å². The third-order valence-corrected chi connectivity index (χ3v) is 4.96. The Bertz CT molecular complexity index is 877. The van der Waals surface area contributed by atoms with E-state index >= 15 is 0 Å². The molecule has 0 aliphatic heterocycles. The number of carbonyl (C=O) groups excluding carboxylic acids is 1. The van der Waals surface area contributed by atoms with Crippen molar-refractivity contribution in [3.8, 4) is 0 Å². The zero-order valence-electron chi connectivity index (χ0n) is 13.9. The largest absolute Gasteiger partial charge is 0.386 e. The highest BCUT2D eigenvalue weighted by molar-refractivity contribution is 7.10. The summed E-state index contributed by atoms with van der Waals surface area (Å²) in [5.74, 6) is -0.146. The van der Waals surface area contributed by atoms with Gasteiger partial charge in [0.2, 0.25) is 0 Å². The minimum atomic E-state index is -0.677. The molecule has 1 aromatic carbocycles. The highest BCUT2D eigenvalue weighted by Crippen LogP contribution is 2.21. The molecule has 1 amide bonds. The number of nitrogens with zero attached hydrogens (tertiary/aromatic N) is 3. The Morgan fingerprint density at radius 2 is 1.92 bits per heavy atom. The van der Waals surface area contributed by atoms with E-state index in [0.29, 0.717) is 11.1 Å². The molecule has 3 aromatic rings. The Morgan fingerprint density at radius 1 is 1.21 bits per heavy atom. The predicted octanol–water partition coefficient (Wildman–Crippen LogP) is 3.11. The molecule has 6 heteroatoms. The average molecular weight is 341 g/mol. The van der Waals surface area contributed by atoms with E-state index in [1.54, 1.807) is 19.2 Å². The fraction of sp³-hybridized carbons (Fsp3) is 0.278. The molecule has 0 radical (unpaired) electrons. The van der Waals surface area contributed by atoms with E-state index < -0.39 is 6.10 Å². The van der Waals surface area contributed by atoms with Crippen molar-refractivity contribution in [2.24, 2.45) is 0 Å². The summed E-state index contributed by atoms with van der Waals surface area (Å²) in [4.78, 5) is 24.0. The molecule has 24 heavy (non-hydrogen) atoms. The smallest absolute Gasteiger partial charge is 0.253 e. The molecule has 0 saturated carbocycles. The van der Waals surface area contributed by atoms with Gasteiger partial charge in [-0.15, -0.1) is 11.3 Å². The average Bonchev–Trinajstić information content (AvgIpc) is 3.09. The summed E-state index contributed by atoms with van der Waals surface area (Å²) in [5, 5.41) is 12.1. The second kappa shape index (κ2) is 6.67. The maximum atomic E-state index is 12.6. The lowest BCUT2D eigenvalue weighted by molar-refractivity contribution is 0.0686. The van der Waals surface area contributed by atoms with E-state index in [1.165, 1.54) is 16.2 Å². The monoisotopic (exact) mass is 341 g/mol. The van der Waals surface area contributed by atoms with Crippen LogP contribution in [0.1, 0.15) is 32.7 Å². The predicted molar refractivity (Wildman–Crippen MR) is 95.3 cm³/mol. The number of carbonyl (C=O) groups is 1. The first-order valence-electron chi connectivity index (χ1n) is 7.67. The maximum Gasteiger partial charge on any atom is 0.253 e. The van der Waals surface area contributed by atoms with Crippen molar-refractivity contribution in [1.29, 1.82) is 0 Å². The third kappa shape index (κ3) is 3.29. The zero-order valence-corrected chi connectivity index (χ0v) is 14.7. The minimum absolute atomic E-state index is 0.146. The topological polar surface area (TPSA) is 66.3 Å². The number of aliphatic hydroxyl groups excluding tert-OH is 1. The van der Waals surface area contributed by atoms with Gasteiger partial charge in [0.05, 0.1) is 29.0 Å². The van der Waals surface area contributed by atoms with Crippen LogP contribution in [-0.4, -0.2) is 39.5 Å². The van der Waals surface area contributed by atoms with Crippen LogP contribution in [0.3, 0.4) is 0 Å². The molecule has 3 rings (SSSR count). The number of aryl methyl sites for hydroxylation is 2. The van der Waals surface area contributed by atoms with Gasteiger partial charge in [0.15, 0.2) is 0 Å². The minimum Gasteiger partial charge on any atom is -0.386 e. The van der Waals surface area contributed by atoms with E-state index in [0.717, 1.165) is 21.8 Å². The number of hydrogen-bond donors (Lipinski definition) is 1. The summed E-state index contributed by atoms with van der Waals surface area (Å²) < 4.78 is 0. The number of thiophene rings is 1. The lowest BCUT2D eigenvalue weighted by Gasteiger charge is -2.20.